The summed E-state index contributed by atoms with van der Waals surface area (Å²) in [6.07, 6.45) is 7.73. The number of amidine groups is 1. The van der Waals surface area contributed by atoms with Gasteiger partial charge in [-0.2, -0.15) is 5.26 Å². The summed E-state index contributed by atoms with van der Waals surface area (Å²) in [6.45, 7) is 0. The number of aromatic nitrogens is 2. The highest BCUT2D eigenvalue weighted by Crippen LogP contribution is 2.44. The van der Waals surface area contributed by atoms with Crippen LogP contribution in [-0.2, 0) is 5.75 Å². The van der Waals surface area contributed by atoms with Gasteiger partial charge in [0.2, 0.25) is 0 Å². The van der Waals surface area contributed by atoms with Gasteiger partial charge in [-0.3, -0.25) is 10.3 Å². The minimum Gasteiger partial charge on any atom is -0.332 e. The Hall–Kier alpha value is -3.04. The quantitative estimate of drug-likeness (QED) is 0.339. The first-order valence-electron chi connectivity index (χ1n) is 7.87. The third-order valence-corrected chi connectivity index (χ3v) is 5.31. The lowest BCUT2D eigenvalue weighted by Gasteiger charge is -2.11. The molecule has 3 aromatic rings. The Labute approximate surface area is 150 Å². The smallest absolute Gasteiger partial charge is 0.182 e. The molecular formula is C19H15N5S. The molecule has 0 saturated heterocycles. The third kappa shape index (κ3) is 3.02. The zero-order valence-electron chi connectivity index (χ0n) is 13.3. The molecule has 122 valence electrons. The van der Waals surface area contributed by atoms with Crippen molar-refractivity contribution in [1.82, 2.24) is 14.9 Å². The van der Waals surface area contributed by atoms with E-state index in [1.54, 1.807) is 6.20 Å². The Morgan fingerprint density at radius 1 is 1.24 bits per heavy atom. The normalized spacial score (nSPS) is 16.3. The van der Waals surface area contributed by atoms with Gasteiger partial charge in [0.25, 0.3) is 0 Å². The predicted octanol–water partition coefficient (Wildman–Crippen LogP) is 3.83. The zero-order chi connectivity index (χ0) is 17.1. The molecule has 0 radical (unpaired) electrons. The number of nitrogens with zero attached hydrogens (tertiary/aromatic N) is 4. The number of aliphatic imine (C=N–C) groups is 1. The summed E-state index contributed by atoms with van der Waals surface area (Å²) in [4.78, 5) is 8.93. The molecule has 5 nitrogen and oxygen atoms in total. The molecule has 0 spiro atoms. The van der Waals surface area contributed by atoms with Gasteiger partial charge in [-0.25, -0.2) is 4.99 Å². The van der Waals surface area contributed by atoms with E-state index in [-0.39, 0.29) is 5.37 Å². The summed E-state index contributed by atoms with van der Waals surface area (Å²) in [6, 6.07) is 15.7. The number of pyridine rings is 1. The van der Waals surface area contributed by atoms with E-state index in [9.17, 15) is 0 Å². The van der Waals surface area contributed by atoms with Gasteiger partial charge >= 0.3 is 0 Å². The van der Waals surface area contributed by atoms with Crippen LogP contribution in [0.3, 0.4) is 0 Å². The summed E-state index contributed by atoms with van der Waals surface area (Å²) in [5.41, 5.74) is 4.11. The first kappa shape index (κ1) is 15.5. The van der Waals surface area contributed by atoms with Crippen LogP contribution in [0, 0.1) is 11.5 Å². The van der Waals surface area contributed by atoms with Gasteiger partial charge in [-0.15, -0.1) is 11.8 Å². The third-order valence-electron chi connectivity index (χ3n) is 4.05. The van der Waals surface area contributed by atoms with Gasteiger partial charge in [0.05, 0.1) is 11.4 Å². The molecule has 0 saturated carbocycles. The Bertz CT molecular complexity index is 941. The maximum absolute atomic E-state index is 9.05. The van der Waals surface area contributed by atoms with Gasteiger partial charge in [0.1, 0.15) is 11.2 Å². The lowest BCUT2D eigenvalue weighted by Crippen LogP contribution is -2.18. The molecule has 2 aromatic heterocycles. The van der Waals surface area contributed by atoms with Crippen LogP contribution in [0.2, 0.25) is 0 Å². The molecule has 1 atom stereocenters. The number of nitrogens with one attached hydrogen (secondary N) is 1. The second-order valence-corrected chi connectivity index (χ2v) is 6.64. The van der Waals surface area contributed by atoms with Crippen LogP contribution in [0.4, 0.5) is 5.69 Å². The van der Waals surface area contributed by atoms with E-state index in [4.69, 9.17) is 10.3 Å². The van der Waals surface area contributed by atoms with Crippen molar-refractivity contribution >= 4 is 23.3 Å². The topological polar surface area (TPSA) is 66.0 Å². The van der Waals surface area contributed by atoms with Gasteiger partial charge in [0.15, 0.2) is 6.19 Å². The van der Waals surface area contributed by atoms with Crippen LogP contribution in [0.15, 0.2) is 72.1 Å². The molecule has 4 rings (SSSR count). The van der Waals surface area contributed by atoms with Crippen LogP contribution in [0.25, 0.3) is 0 Å². The van der Waals surface area contributed by atoms with Crippen molar-refractivity contribution in [3.8, 4) is 6.19 Å². The molecule has 1 aliphatic heterocycles. The monoisotopic (exact) mass is 345 g/mol. The van der Waals surface area contributed by atoms with E-state index >= 15 is 0 Å². The van der Waals surface area contributed by atoms with Gasteiger partial charge < -0.3 is 4.57 Å². The summed E-state index contributed by atoms with van der Waals surface area (Å²) in [7, 11) is 0. The van der Waals surface area contributed by atoms with Crippen molar-refractivity contribution in [2.45, 2.75) is 11.1 Å². The number of benzene rings is 1. The Morgan fingerprint density at radius 2 is 2.12 bits per heavy atom. The van der Waals surface area contributed by atoms with E-state index in [0.717, 1.165) is 22.7 Å². The lowest BCUT2D eigenvalue weighted by atomic mass is 10.2. The second-order valence-electron chi connectivity index (χ2n) is 5.57. The highest BCUT2D eigenvalue weighted by molar-refractivity contribution is 7.99. The number of rotatable bonds is 3. The molecule has 25 heavy (non-hydrogen) atoms. The standard InChI is InChI=1S/C19H15N5S/c20-13-22-18(14-5-2-1-3-6-14)23-16-8-10-24-17(16)12-25-19(24)15-7-4-9-21-11-15/h1-11,19H,12H2,(H,22,23). The largest absolute Gasteiger partial charge is 0.332 e. The Kier molecular flexibility index (Phi) is 4.23. The first-order chi connectivity index (χ1) is 12.4. The van der Waals surface area contributed by atoms with E-state index in [1.807, 2.05) is 66.6 Å². The number of nitriles is 1. The molecule has 0 fully saturated rings. The highest BCUT2D eigenvalue weighted by atomic mass is 32.2. The van der Waals surface area contributed by atoms with E-state index < -0.39 is 0 Å². The second kappa shape index (κ2) is 6.83. The Morgan fingerprint density at radius 3 is 2.88 bits per heavy atom. The molecule has 1 unspecified atom stereocenters. The molecule has 6 heteroatoms. The number of hydrogen-bond donors (Lipinski definition) is 1. The molecule has 1 aliphatic rings. The fourth-order valence-electron chi connectivity index (χ4n) is 2.89. The predicted molar refractivity (Wildman–Crippen MR) is 99.5 cm³/mol. The van der Waals surface area contributed by atoms with Crippen molar-refractivity contribution in [2.24, 2.45) is 4.99 Å². The SMILES string of the molecule is N#CNC(=Nc1ccn2c1CSC2c1cccnc1)c1ccccc1. The molecule has 1 aromatic carbocycles. The summed E-state index contributed by atoms with van der Waals surface area (Å²) >= 11 is 1.85. The number of fused-ring (bicyclic) bond motifs is 1. The minimum atomic E-state index is 0.219. The van der Waals surface area contributed by atoms with Crippen molar-refractivity contribution in [1.29, 1.82) is 5.26 Å². The van der Waals surface area contributed by atoms with Crippen molar-refractivity contribution in [2.75, 3.05) is 0 Å². The Balaban J connectivity index is 1.70. The van der Waals surface area contributed by atoms with Crippen LogP contribution >= 0.6 is 11.8 Å². The molecule has 0 aliphatic carbocycles. The van der Waals surface area contributed by atoms with E-state index in [2.05, 4.69) is 27.1 Å². The molecular weight excluding hydrogens is 330 g/mol. The van der Waals surface area contributed by atoms with E-state index in [0.29, 0.717) is 5.84 Å². The van der Waals surface area contributed by atoms with Crippen LogP contribution in [0.5, 0.6) is 0 Å². The highest BCUT2D eigenvalue weighted by Gasteiger charge is 2.26. The van der Waals surface area contributed by atoms with Crippen LogP contribution in [-0.4, -0.2) is 15.4 Å². The molecule has 0 bridgehead atoms. The number of hydrogen-bond acceptors (Lipinski definition) is 4. The molecule has 3 heterocycles. The summed E-state index contributed by atoms with van der Waals surface area (Å²) in [5.74, 6) is 1.44. The van der Waals surface area contributed by atoms with Gasteiger partial charge in [-0.1, -0.05) is 36.4 Å². The van der Waals surface area contributed by atoms with Crippen LogP contribution in [0.1, 0.15) is 22.2 Å². The lowest BCUT2D eigenvalue weighted by molar-refractivity contribution is 0.778. The average Bonchev–Trinajstić information content (AvgIpc) is 3.26. The summed E-state index contributed by atoms with van der Waals surface area (Å²) < 4.78 is 2.23. The fourth-order valence-corrected chi connectivity index (χ4v) is 4.19. The van der Waals surface area contributed by atoms with Crippen LogP contribution < -0.4 is 5.32 Å². The fraction of sp³-hybridized carbons (Fsp3) is 0.105. The van der Waals surface area contributed by atoms with Crippen molar-refractivity contribution < 1.29 is 0 Å². The summed E-state index contributed by atoms with van der Waals surface area (Å²) in [5, 5.41) is 12.0. The maximum Gasteiger partial charge on any atom is 0.182 e. The first-order valence-corrected chi connectivity index (χ1v) is 8.92. The van der Waals surface area contributed by atoms with Crippen molar-refractivity contribution in [3.05, 3.63) is 83.9 Å². The molecule has 0 amide bonds. The maximum atomic E-state index is 9.05. The molecule has 1 N–H and O–H groups in total. The van der Waals surface area contributed by atoms with Gasteiger partial charge in [-0.05, 0) is 12.1 Å². The average molecular weight is 345 g/mol. The number of thioether (sulfide) groups is 1. The zero-order valence-corrected chi connectivity index (χ0v) is 14.1. The van der Waals surface area contributed by atoms with Gasteiger partial charge in [0, 0.05) is 35.5 Å². The van der Waals surface area contributed by atoms with E-state index in [1.165, 1.54) is 5.56 Å². The minimum absolute atomic E-state index is 0.219. The van der Waals surface area contributed by atoms with Crippen molar-refractivity contribution in [3.63, 3.8) is 0 Å².